The normalized spacial score (nSPS) is 14.2. The van der Waals surface area contributed by atoms with Crippen LogP contribution in [0.5, 0.6) is 5.75 Å². The maximum absolute atomic E-state index is 13.5. The van der Waals surface area contributed by atoms with Crippen LogP contribution in [0.4, 0.5) is 31.4 Å². The van der Waals surface area contributed by atoms with Crippen molar-refractivity contribution in [1.82, 2.24) is 4.98 Å². The summed E-state index contributed by atoms with van der Waals surface area (Å²) in [5.41, 5.74) is 4.13. The molecule has 9 heteroatoms. The second-order valence-electron chi connectivity index (χ2n) is 8.67. The Morgan fingerprint density at radius 3 is 2.76 bits per heavy atom. The molecule has 1 aliphatic heterocycles. The molecule has 1 aromatic heterocycles. The molecule has 0 atom stereocenters. The van der Waals surface area contributed by atoms with Gasteiger partial charge >= 0.3 is 6.03 Å². The first-order valence-corrected chi connectivity index (χ1v) is 12.3. The molecule has 0 unspecified atom stereocenters. The summed E-state index contributed by atoms with van der Waals surface area (Å²) in [6.07, 6.45) is 0. The molecule has 0 fully saturated rings. The van der Waals surface area contributed by atoms with Gasteiger partial charge in [0, 0.05) is 22.0 Å². The zero-order chi connectivity index (χ0) is 24.0. The van der Waals surface area contributed by atoms with Crippen LogP contribution in [0.2, 0.25) is 0 Å². The van der Waals surface area contributed by atoms with E-state index in [0.29, 0.717) is 27.6 Å². The number of hydrogen-bond acceptors (Lipinski definition) is 5. The molecule has 2 N–H and O–H groups in total. The highest BCUT2D eigenvalue weighted by molar-refractivity contribution is 9.10. The topological polar surface area (TPSA) is 66.5 Å². The number of aromatic nitrogens is 1. The van der Waals surface area contributed by atoms with Crippen LogP contribution < -0.4 is 20.3 Å². The Morgan fingerprint density at radius 2 is 1.97 bits per heavy atom. The van der Waals surface area contributed by atoms with Gasteiger partial charge in [0.1, 0.15) is 11.6 Å². The van der Waals surface area contributed by atoms with Gasteiger partial charge in [0.2, 0.25) is 0 Å². The van der Waals surface area contributed by atoms with Crippen LogP contribution in [0.3, 0.4) is 0 Å². The third kappa shape index (κ3) is 3.99. The zero-order valence-electron chi connectivity index (χ0n) is 18.8. The van der Waals surface area contributed by atoms with E-state index in [9.17, 15) is 9.18 Å². The van der Waals surface area contributed by atoms with Gasteiger partial charge in [0.05, 0.1) is 34.4 Å². The average molecular weight is 541 g/mol. The minimum absolute atomic E-state index is 0.144. The number of anilines is 4. The van der Waals surface area contributed by atoms with Gasteiger partial charge in [-0.05, 0) is 42.5 Å². The number of ether oxygens (including phenoxy) is 1. The van der Waals surface area contributed by atoms with Crippen molar-refractivity contribution in [1.29, 1.82) is 0 Å². The number of rotatable bonds is 4. The van der Waals surface area contributed by atoms with E-state index in [0.717, 1.165) is 27.2 Å². The summed E-state index contributed by atoms with van der Waals surface area (Å²) >= 11 is 4.93. The van der Waals surface area contributed by atoms with Crippen molar-refractivity contribution in [3.05, 3.63) is 70.5 Å². The van der Waals surface area contributed by atoms with E-state index in [2.05, 4.69) is 50.3 Å². The molecule has 0 saturated heterocycles. The molecule has 0 radical (unpaired) electrons. The fourth-order valence-corrected chi connectivity index (χ4v) is 6.14. The standard InChI is InChI=1S/C25H22BrFN4O2S/c1-25(2)13-31(22-19(33-3)11-9-15(26)21(22)25)18-7-5-4-6-16(18)28-23(32)30-24-29-17-10-8-14(27)12-20(17)34-24/h4-12H,13H2,1-3H3,(H2,28,29,30,32). The van der Waals surface area contributed by atoms with Gasteiger partial charge in [0.15, 0.2) is 5.13 Å². The highest BCUT2D eigenvalue weighted by Crippen LogP contribution is 2.53. The van der Waals surface area contributed by atoms with Crippen LogP contribution in [-0.2, 0) is 5.41 Å². The lowest BCUT2D eigenvalue weighted by molar-refractivity contribution is 0.262. The van der Waals surface area contributed by atoms with Gasteiger partial charge in [-0.2, -0.15) is 0 Å². The van der Waals surface area contributed by atoms with E-state index < -0.39 is 6.03 Å². The number of para-hydroxylation sites is 2. The molecular formula is C25H22BrFN4O2S. The zero-order valence-corrected chi connectivity index (χ0v) is 21.2. The number of nitrogens with one attached hydrogen (secondary N) is 2. The molecule has 174 valence electrons. The molecular weight excluding hydrogens is 519 g/mol. The van der Waals surface area contributed by atoms with Crippen LogP contribution >= 0.6 is 27.3 Å². The Hall–Kier alpha value is -3.17. The maximum Gasteiger partial charge on any atom is 0.325 e. The van der Waals surface area contributed by atoms with Crippen LogP contribution in [0.25, 0.3) is 10.2 Å². The molecule has 3 aromatic carbocycles. The van der Waals surface area contributed by atoms with E-state index in [4.69, 9.17) is 4.74 Å². The second-order valence-corrected chi connectivity index (χ2v) is 10.6. The lowest BCUT2D eigenvalue weighted by Gasteiger charge is -2.25. The Morgan fingerprint density at radius 1 is 1.18 bits per heavy atom. The molecule has 4 aromatic rings. The summed E-state index contributed by atoms with van der Waals surface area (Å²) in [5.74, 6) is 0.432. The van der Waals surface area contributed by atoms with Gasteiger partial charge in [0.25, 0.3) is 0 Å². The quantitative estimate of drug-likeness (QED) is 0.285. The molecule has 34 heavy (non-hydrogen) atoms. The highest BCUT2D eigenvalue weighted by atomic mass is 79.9. The molecule has 1 aliphatic rings. The first kappa shape index (κ1) is 22.6. The van der Waals surface area contributed by atoms with Crippen LogP contribution in [0.1, 0.15) is 19.4 Å². The average Bonchev–Trinajstić information content (AvgIpc) is 3.31. The minimum atomic E-state index is -0.424. The number of halogens is 2. The van der Waals surface area contributed by atoms with Crippen molar-refractivity contribution < 1.29 is 13.9 Å². The largest absolute Gasteiger partial charge is 0.495 e. The summed E-state index contributed by atoms with van der Waals surface area (Å²) < 4.78 is 20.9. The number of benzene rings is 3. The van der Waals surface area contributed by atoms with Crippen molar-refractivity contribution in [3.63, 3.8) is 0 Å². The number of fused-ring (bicyclic) bond motifs is 2. The molecule has 2 amide bonds. The summed E-state index contributed by atoms with van der Waals surface area (Å²) in [7, 11) is 1.66. The van der Waals surface area contributed by atoms with Crippen LogP contribution in [0, 0.1) is 5.82 Å². The molecule has 0 spiro atoms. The van der Waals surface area contributed by atoms with E-state index in [-0.39, 0.29) is 11.2 Å². The summed E-state index contributed by atoms with van der Waals surface area (Å²) in [6, 6.07) is 15.5. The molecule has 2 heterocycles. The third-order valence-electron chi connectivity index (χ3n) is 5.82. The maximum atomic E-state index is 13.5. The highest BCUT2D eigenvalue weighted by Gasteiger charge is 2.40. The predicted molar refractivity (Wildman–Crippen MR) is 139 cm³/mol. The number of nitrogens with zero attached hydrogens (tertiary/aromatic N) is 2. The van der Waals surface area contributed by atoms with Crippen molar-refractivity contribution in [2.45, 2.75) is 19.3 Å². The lowest BCUT2D eigenvalue weighted by Crippen LogP contribution is -2.27. The summed E-state index contributed by atoms with van der Waals surface area (Å²) in [5, 5.41) is 6.12. The van der Waals surface area contributed by atoms with E-state index in [1.165, 1.54) is 23.5 Å². The van der Waals surface area contributed by atoms with Crippen molar-refractivity contribution >= 4 is 65.7 Å². The molecule has 5 rings (SSSR count). The monoisotopic (exact) mass is 540 g/mol. The number of amides is 2. The van der Waals surface area contributed by atoms with Crippen LogP contribution in [0.15, 0.2) is 59.1 Å². The van der Waals surface area contributed by atoms with Crippen molar-refractivity contribution in [2.75, 3.05) is 29.2 Å². The van der Waals surface area contributed by atoms with Crippen LogP contribution in [-0.4, -0.2) is 24.7 Å². The fraction of sp³-hybridized carbons (Fsp3) is 0.200. The number of hydrogen-bond donors (Lipinski definition) is 2. The predicted octanol–water partition coefficient (Wildman–Crippen LogP) is 7.28. The number of urea groups is 1. The Kier molecular flexibility index (Phi) is 5.69. The van der Waals surface area contributed by atoms with Gasteiger partial charge in [-0.25, -0.2) is 14.2 Å². The van der Waals surface area contributed by atoms with Gasteiger partial charge in [-0.1, -0.05) is 53.2 Å². The number of methoxy groups -OCH3 is 1. The third-order valence-corrected chi connectivity index (χ3v) is 7.42. The second kappa shape index (κ2) is 8.56. The fourth-order valence-electron chi connectivity index (χ4n) is 4.40. The number of carbonyl (C=O) groups excluding carboxylic acids is 1. The Labute approximate surface area is 208 Å². The Bertz CT molecular complexity index is 1420. The number of thiazole rings is 1. The Balaban J connectivity index is 1.46. The van der Waals surface area contributed by atoms with Gasteiger partial charge in [-0.15, -0.1) is 0 Å². The van der Waals surface area contributed by atoms with Gasteiger partial charge < -0.3 is 15.0 Å². The van der Waals surface area contributed by atoms with E-state index in [1.807, 2.05) is 36.4 Å². The lowest BCUT2D eigenvalue weighted by atomic mass is 9.87. The molecule has 0 aliphatic carbocycles. The SMILES string of the molecule is COc1ccc(Br)c2c1N(c1ccccc1NC(=O)Nc1nc3ccc(F)cc3s1)CC2(C)C. The van der Waals surface area contributed by atoms with Gasteiger partial charge in [-0.3, -0.25) is 5.32 Å². The molecule has 6 nitrogen and oxygen atoms in total. The van der Waals surface area contributed by atoms with Crippen molar-refractivity contribution in [3.8, 4) is 5.75 Å². The first-order valence-electron chi connectivity index (χ1n) is 10.6. The first-order chi connectivity index (χ1) is 16.3. The summed E-state index contributed by atoms with van der Waals surface area (Å²) in [6.45, 7) is 5.09. The minimum Gasteiger partial charge on any atom is -0.495 e. The summed E-state index contributed by atoms with van der Waals surface area (Å²) in [4.78, 5) is 19.4. The van der Waals surface area contributed by atoms with E-state index in [1.54, 1.807) is 13.2 Å². The smallest absolute Gasteiger partial charge is 0.325 e. The molecule has 0 bridgehead atoms. The van der Waals surface area contributed by atoms with E-state index >= 15 is 0 Å². The van der Waals surface area contributed by atoms with Crippen molar-refractivity contribution in [2.24, 2.45) is 0 Å². The molecule has 0 saturated carbocycles. The number of carbonyl (C=O) groups is 1.